The summed E-state index contributed by atoms with van der Waals surface area (Å²) in [5, 5.41) is 7.75. The first-order valence-corrected chi connectivity index (χ1v) is 7.70. The Kier molecular flexibility index (Phi) is 3.26. The highest BCUT2D eigenvalue weighted by Crippen LogP contribution is 2.30. The molecule has 3 aliphatic heterocycles. The number of benzene rings is 1. The molecule has 1 aromatic carbocycles. The molecule has 6 heteroatoms. The number of fused-ring (bicyclic) bond motifs is 4. The predicted molar refractivity (Wildman–Crippen MR) is 81.0 cm³/mol. The molecule has 1 unspecified atom stereocenters. The maximum absolute atomic E-state index is 12.5. The molecule has 2 bridgehead atoms. The number of nitrogens with zero attached hydrogens (tertiary/aromatic N) is 2. The molecule has 116 valence electrons. The summed E-state index contributed by atoms with van der Waals surface area (Å²) in [6.07, 6.45) is 2.23. The molecule has 0 amide bonds. The van der Waals surface area contributed by atoms with Crippen LogP contribution in [0.3, 0.4) is 0 Å². The topological polar surface area (TPSA) is 67.4 Å². The van der Waals surface area contributed by atoms with Crippen LogP contribution < -0.4 is 4.74 Å². The molecule has 0 aliphatic carbocycles. The van der Waals surface area contributed by atoms with Gasteiger partial charge in [0.1, 0.15) is 11.9 Å². The predicted octanol–water partition coefficient (Wildman–Crippen LogP) is 1.82. The number of H-pyrrole nitrogens is 1. The van der Waals surface area contributed by atoms with Crippen LogP contribution in [-0.4, -0.2) is 53.9 Å². The van der Waals surface area contributed by atoms with Crippen molar-refractivity contribution in [3.8, 4) is 5.75 Å². The highest BCUT2D eigenvalue weighted by molar-refractivity contribution is 6.02. The molecule has 5 rings (SSSR count). The Morgan fingerprint density at radius 2 is 2.18 bits per heavy atom. The van der Waals surface area contributed by atoms with Crippen LogP contribution in [0.4, 0.5) is 0 Å². The van der Waals surface area contributed by atoms with E-state index in [-0.39, 0.29) is 12.1 Å². The van der Waals surface area contributed by atoms with Crippen molar-refractivity contribution in [1.82, 2.24) is 15.1 Å². The summed E-state index contributed by atoms with van der Waals surface area (Å²) in [5.41, 5.74) is 1.15. The summed E-state index contributed by atoms with van der Waals surface area (Å²) in [7, 11) is 1.60. The van der Waals surface area contributed by atoms with Gasteiger partial charge in [-0.15, -0.1) is 0 Å². The van der Waals surface area contributed by atoms with Gasteiger partial charge in [-0.3, -0.25) is 10.00 Å². The van der Waals surface area contributed by atoms with Crippen LogP contribution in [0.5, 0.6) is 5.75 Å². The molecular formula is C16H19N3O3. The molecule has 0 radical (unpaired) electrons. The number of piperidine rings is 3. The highest BCUT2D eigenvalue weighted by Gasteiger charge is 2.37. The Balaban J connectivity index is 1.57. The molecule has 3 saturated heterocycles. The van der Waals surface area contributed by atoms with Gasteiger partial charge in [0, 0.05) is 11.9 Å². The minimum atomic E-state index is -0.349. The van der Waals surface area contributed by atoms with Gasteiger partial charge in [0.05, 0.1) is 12.6 Å². The van der Waals surface area contributed by atoms with E-state index in [1.807, 2.05) is 18.2 Å². The minimum absolute atomic E-state index is 0.00708. The van der Waals surface area contributed by atoms with Crippen LogP contribution in [0, 0.1) is 5.92 Å². The van der Waals surface area contributed by atoms with Gasteiger partial charge in [-0.05, 0) is 50.0 Å². The zero-order valence-electron chi connectivity index (χ0n) is 12.5. The van der Waals surface area contributed by atoms with Crippen molar-refractivity contribution >= 4 is 16.9 Å². The number of carbonyl (C=O) groups excluding carboxylic acids is 1. The van der Waals surface area contributed by atoms with Gasteiger partial charge in [0.2, 0.25) is 0 Å². The van der Waals surface area contributed by atoms with E-state index in [1.54, 1.807) is 7.11 Å². The number of methoxy groups -OCH3 is 1. The van der Waals surface area contributed by atoms with Gasteiger partial charge in [0.15, 0.2) is 5.69 Å². The lowest BCUT2D eigenvalue weighted by atomic mass is 9.86. The molecule has 3 fully saturated rings. The Bertz CT molecular complexity index is 704. The molecule has 1 N–H and O–H groups in total. The number of ether oxygens (including phenoxy) is 2. The number of hydrogen-bond donors (Lipinski definition) is 1. The third-order valence-corrected chi connectivity index (χ3v) is 4.82. The van der Waals surface area contributed by atoms with Crippen LogP contribution in [0.1, 0.15) is 23.3 Å². The summed E-state index contributed by atoms with van der Waals surface area (Å²) in [5.74, 6) is 0.845. The summed E-state index contributed by atoms with van der Waals surface area (Å²) in [6.45, 7) is 3.10. The SMILES string of the molecule is COc1ccc2[nH]nc(C(=O)OC3CN4CCC3CC4)c2c1. The Morgan fingerprint density at radius 1 is 1.36 bits per heavy atom. The van der Waals surface area contributed by atoms with E-state index < -0.39 is 0 Å². The second-order valence-corrected chi connectivity index (χ2v) is 6.07. The average molecular weight is 301 g/mol. The van der Waals surface area contributed by atoms with E-state index in [9.17, 15) is 4.79 Å². The average Bonchev–Trinajstić information content (AvgIpc) is 2.99. The minimum Gasteiger partial charge on any atom is -0.497 e. The van der Waals surface area contributed by atoms with Crippen LogP contribution in [0.25, 0.3) is 10.9 Å². The van der Waals surface area contributed by atoms with Gasteiger partial charge < -0.3 is 9.47 Å². The largest absolute Gasteiger partial charge is 0.497 e. The molecule has 2 aromatic rings. The van der Waals surface area contributed by atoms with E-state index in [0.717, 1.165) is 43.4 Å². The molecule has 3 aliphatic rings. The zero-order valence-corrected chi connectivity index (χ0v) is 12.5. The van der Waals surface area contributed by atoms with Crippen LogP contribution in [0.2, 0.25) is 0 Å². The molecule has 0 spiro atoms. The van der Waals surface area contributed by atoms with Gasteiger partial charge in [-0.2, -0.15) is 5.10 Å². The standard InChI is InChI=1S/C16H19N3O3/c1-21-11-2-3-13-12(8-11)15(18-17-13)16(20)22-14-9-19-6-4-10(14)5-7-19/h2-3,8,10,14H,4-7,9H2,1H3,(H,17,18). The van der Waals surface area contributed by atoms with E-state index in [0.29, 0.717) is 17.4 Å². The van der Waals surface area contributed by atoms with Crippen molar-refractivity contribution in [3.05, 3.63) is 23.9 Å². The molecule has 1 atom stereocenters. The number of rotatable bonds is 3. The number of esters is 1. The van der Waals surface area contributed by atoms with E-state index in [2.05, 4.69) is 15.1 Å². The molecule has 1 aromatic heterocycles. The lowest BCUT2D eigenvalue weighted by Crippen LogP contribution is -2.51. The first-order valence-electron chi connectivity index (χ1n) is 7.70. The fourth-order valence-corrected chi connectivity index (χ4v) is 3.51. The van der Waals surface area contributed by atoms with Crippen molar-refractivity contribution in [2.75, 3.05) is 26.7 Å². The number of aromatic nitrogens is 2. The number of carbonyl (C=O) groups is 1. The van der Waals surface area contributed by atoms with Gasteiger partial charge in [-0.1, -0.05) is 0 Å². The quantitative estimate of drug-likeness (QED) is 0.876. The third kappa shape index (κ3) is 2.23. The number of hydrogen-bond acceptors (Lipinski definition) is 5. The molecule has 4 heterocycles. The highest BCUT2D eigenvalue weighted by atomic mass is 16.5. The van der Waals surface area contributed by atoms with Crippen LogP contribution in [-0.2, 0) is 4.74 Å². The van der Waals surface area contributed by atoms with Gasteiger partial charge >= 0.3 is 5.97 Å². The summed E-state index contributed by atoms with van der Waals surface area (Å²) < 4.78 is 11.0. The summed E-state index contributed by atoms with van der Waals surface area (Å²) in [6, 6.07) is 5.50. The van der Waals surface area contributed by atoms with Crippen molar-refractivity contribution < 1.29 is 14.3 Å². The Labute approximate surface area is 128 Å². The first-order chi connectivity index (χ1) is 10.7. The van der Waals surface area contributed by atoms with Crippen molar-refractivity contribution in [2.45, 2.75) is 18.9 Å². The Hall–Kier alpha value is -2.08. The van der Waals surface area contributed by atoms with Crippen LogP contribution >= 0.6 is 0 Å². The zero-order chi connectivity index (χ0) is 15.1. The molecule has 0 saturated carbocycles. The maximum Gasteiger partial charge on any atom is 0.359 e. The van der Waals surface area contributed by atoms with E-state index >= 15 is 0 Å². The number of nitrogens with one attached hydrogen (secondary N) is 1. The van der Waals surface area contributed by atoms with E-state index in [1.165, 1.54) is 0 Å². The fraction of sp³-hybridized carbons (Fsp3) is 0.500. The van der Waals surface area contributed by atoms with Crippen molar-refractivity contribution in [2.24, 2.45) is 5.92 Å². The fourth-order valence-electron chi connectivity index (χ4n) is 3.51. The molecule has 6 nitrogen and oxygen atoms in total. The number of aromatic amines is 1. The first kappa shape index (κ1) is 13.6. The second kappa shape index (κ2) is 5.28. The van der Waals surface area contributed by atoms with Gasteiger partial charge in [0.25, 0.3) is 0 Å². The monoisotopic (exact) mass is 301 g/mol. The van der Waals surface area contributed by atoms with E-state index in [4.69, 9.17) is 9.47 Å². The third-order valence-electron chi connectivity index (χ3n) is 4.82. The molecule has 22 heavy (non-hydrogen) atoms. The smallest absolute Gasteiger partial charge is 0.359 e. The lowest BCUT2D eigenvalue weighted by molar-refractivity contribution is -0.0458. The summed E-state index contributed by atoms with van der Waals surface area (Å²) in [4.78, 5) is 14.9. The van der Waals surface area contributed by atoms with Crippen molar-refractivity contribution in [1.29, 1.82) is 0 Å². The Morgan fingerprint density at radius 3 is 2.86 bits per heavy atom. The summed E-state index contributed by atoms with van der Waals surface area (Å²) >= 11 is 0. The molecular weight excluding hydrogens is 282 g/mol. The lowest BCUT2D eigenvalue weighted by Gasteiger charge is -2.43. The maximum atomic E-state index is 12.5. The van der Waals surface area contributed by atoms with Crippen LogP contribution in [0.15, 0.2) is 18.2 Å². The van der Waals surface area contributed by atoms with Crippen molar-refractivity contribution in [3.63, 3.8) is 0 Å². The van der Waals surface area contributed by atoms with Gasteiger partial charge in [-0.25, -0.2) is 4.79 Å². The normalized spacial score (nSPS) is 27.0. The second-order valence-electron chi connectivity index (χ2n) is 6.07.